The average Bonchev–Trinajstić information content (AvgIpc) is 2.85. The number of aromatic nitrogens is 2. The Balaban J connectivity index is 1.83. The number of methoxy groups -OCH3 is 2. The van der Waals surface area contributed by atoms with E-state index in [0.29, 0.717) is 33.3 Å². The van der Waals surface area contributed by atoms with Crippen LogP contribution < -0.4 is 25.0 Å². The van der Waals surface area contributed by atoms with E-state index < -0.39 is 0 Å². The number of hydrogen-bond acceptors (Lipinski definition) is 7. The van der Waals surface area contributed by atoms with Crippen molar-refractivity contribution in [1.82, 2.24) is 15.4 Å². The van der Waals surface area contributed by atoms with E-state index in [2.05, 4.69) is 32.7 Å². The molecule has 8 nitrogen and oxygen atoms in total. The van der Waals surface area contributed by atoms with Crippen molar-refractivity contribution in [2.24, 2.45) is 5.10 Å². The molecule has 2 N–H and O–H groups in total. The lowest BCUT2D eigenvalue weighted by molar-refractivity contribution is 0.348. The summed E-state index contributed by atoms with van der Waals surface area (Å²) >= 11 is 11.5. The van der Waals surface area contributed by atoms with Gasteiger partial charge in [0.15, 0.2) is 5.11 Å². The van der Waals surface area contributed by atoms with Gasteiger partial charge in [-0.1, -0.05) is 49.2 Å². The Kier molecular flexibility index (Phi) is 9.42. The summed E-state index contributed by atoms with van der Waals surface area (Å²) in [7, 11) is 3.03. The van der Waals surface area contributed by atoms with Crippen LogP contribution >= 0.6 is 23.8 Å². The van der Waals surface area contributed by atoms with Crippen LogP contribution in [0.1, 0.15) is 30.9 Å². The lowest BCUT2D eigenvalue weighted by Crippen LogP contribution is -2.24. The van der Waals surface area contributed by atoms with Gasteiger partial charge in [0, 0.05) is 5.56 Å². The predicted molar refractivity (Wildman–Crippen MR) is 139 cm³/mol. The van der Waals surface area contributed by atoms with E-state index in [1.807, 2.05) is 36.4 Å². The van der Waals surface area contributed by atoms with E-state index in [9.17, 15) is 0 Å². The number of para-hydroxylation sites is 1. The van der Waals surface area contributed by atoms with Crippen molar-refractivity contribution in [3.8, 4) is 23.5 Å². The third-order valence-corrected chi connectivity index (χ3v) is 5.24. The summed E-state index contributed by atoms with van der Waals surface area (Å²) in [5.74, 6) is 1.20. The molecule has 0 saturated carbocycles. The summed E-state index contributed by atoms with van der Waals surface area (Å²) in [6, 6.07) is 14.8. The molecule has 0 fully saturated rings. The van der Waals surface area contributed by atoms with Crippen molar-refractivity contribution in [1.29, 1.82) is 0 Å². The fourth-order valence-corrected chi connectivity index (χ4v) is 3.36. The number of rotatable bonds is 10. The van der Waals surface area contributed by atoms with Gasteiger partial charge < -0.3 is 19.5 Å². The Morgan fingerprint density at radius 2 is 1.82 bits per heavy atom. The van der Waals surface area contributed by atoms with Crippen LogP contribution in [0.4, 0.5) is 5.69 Å². The summed E-state index contributed by atoms with van der Waals surface area (Å²) < 4.78 is 16.4. The first-order chi connectivity index (χ1) is 16.5. The highest BCUT2D eigenvalue weighted by Gasteiger charge is 2.13. The Morgan fingerprint density at radius 1 is 1.09 bits per heavy atom. The highest BCUT2D eigenvalue weighted by atomic mass is 35.5. The molecule has 0 spiro atoms. The second-order valence-corrected chi connectivity index (χ2v) is 7.89. The quantitative estimate of drug-likeness (QED) is 0.211. The molecule has 0 saturated heterocycles. The van der Waals surface area contributed by atoms with Gasteiger partial charge in [0.05, 0.1) is 37.2 Å². The summed E-state index contributed by atoms with van der Waals surface area (Å²) in [5.41, 5.74) is 5.37. The van der Waals surface area contributed by atoms with Gasteiger partial charge in [-0.25, -0.2) is 0 Å². The average molecular weight is 500 g/mol. The molecule has 10 heteroatoms. The third-order valence-electron chi connectivity index (χ3n) is 4.72. The van der Waals surface area contributed by atoms with E-state index in [-0.39, 0.29) is 6.01 Å². The SMILES string of the molecule is CCCCc1cccc(Oc2nc(OC)cc(OC)n2)c1C=NNC(=S)Nc1ccccc1Cl. The van der Waals surface area contributed by atoms with Crippen LogP contribution in [0.5, 0.6) is 23.5 Å². The van der Waals surface area contributed by atoms with E-state index in [1.54, 1.807) is 18.3 Å². The summed E-state index contributed by atoms with van der Waals surface area (Å²) in [5, 5.41) is 8.20. The number of unbranched alkanes of at least 4 members (excludes halogenated alkanes) is 1. The Hall–Kier alpha value is -3.43. The van der Waals surface area contributed by atoms with E-state index >= 15 is 0 Å². The monoisotopic (exact) mass is 499 g/mol. The maximum atomic E-state index is 6.17. The van der Waals surface area contributed by atoms with Crippen LogP contribution in [0, 0.1) is 0 Å². The fourth-order valence-electron chi connectivity index (χ4n) is 3.02. The minimum absolute atomic E-state index is 0.0994. The molecule has 3 rings (SSSR count). The van der Waals surface area contributed by atoms with Gasteiger partial charge >= 0.3 is 6.01 Å². The van der Waals surface area contributed by atoms with E-state index in [0.717, 1.165) is 30.4 Å². The molecule has 0 aliphatic heterocycles. The molecular weight excluding hydrogens is 474 g/mol. The minimum atomic E-state index is 0.0994. The first kappa shape index (κ1) is 25.2. The molecule has 178 valence electrons. The standard InChI is InChI=1S/C24H26ClN5O3S/c1-4-5-9-16-10-8-13-20(33-23-28-21(31-2)14-22(29-23)32-3)17(16)15-26-30-24(34)27-19-12-7-6-11-18(19)25/h6-8,10-15H,4-5,9H2,1-3H3,(H2,27,30,34). The molecule has 1 aromatic heterocycles. The van der Waals surface area contributed by atoms with Crippen LogP contribution in [-0.2, 0) is 6.42 Å². The van der Waals surface area contributed by atoms with Crippen LogP contribution in [-0.4, -0.2) is 35.5 Å². The largest absolute Gasteiger partial charge is 0.481 e. The van der Waals surface area contributed by atoms with Crippen molar-refractivity contribution in [3.05, 3.63) is 64.7 Å². The lowest BCUT2D eigenvalue weighted by atomic mass is 10.0. The van der Waals surface area contributed by atoms with Gasteiger partial charge in [-0.2, -0.15) is 15.1 Å². The number of anilines is 1. The van der Waals surface area contributed by atoms with Gasteiger partial charge in [0.2, 0.25) is 11.8 Å². The molecule has 0 amide bonds. The molecule has 0 radical (unpaired) electrons. The number of benzene rings is 2. The van der Waals surface area contributed by atoms with Crippen molar-refractivity contribution < 1.29 is 14.2 Å². The smallest absolute Gasteiger partial charge is 0.328 e. The van der Waals surface area contributed by atoms with Crippen molar-refractivity contribution in [2.45, 2.75) is 26.2 Å². The molecule has 0 aliphatic rings. The highest BCUT2D eigenvalue weighted by Crippen LogP contribution is 2.28. The van der Waals surface area contributed by atoms with Gasteiger partial charge in [0.25, 0.3) is 0 Å². The van der Waals surface area contributed by atoms with Gasteiger partial charge in [0.1, 0.15) is 5.75 Å². The van der Waals surface area contributed by atoms with Crippen LogP contribution in [0.25, 0.3) is 0 Å². The number of halogens is 1. The Morgan fingerprint density at radius 3 is 2.50 bits per heavy atom. The van der Waals surface area contributed by atoms with Crippen LogP contribution in [0.2, 0.25) is 5.02 Å². The molecule has 0 bridgehead atoms. The van der Waals surface area contributed by atoms with Gasteiger partial charge in [-0.15, -0.1) is 0 Å². The second-order valence-electron chi connectivity index (χ2n) is 7.07. The molecule has 0 atom stereocenters. The number of hydrazone groups is 1. The molecule has 1 heterocycles. The fraction of sp³-hybridized carbons (Fsp3) is 0.250. The van der Waals surface area contributed by atoms with E-state index in [1.165, 1.54) is 14.2 Å². The normalized spacial score (nSPS) is 10.7. The number of hydrogen-bond donors (Lipinski definition) is 2. The topological polar surface area (TPSA) is 89.9 Å². The van der Waals surface area contributed by atoms with E-state index in [4.69, 9.17) is 38.0 Å². The zero-order valence-corrected chi connectivity index (χ0v) is 20.7. The first-order valence-electron chi connectivity index (χ1n) is 10.7. The van der Waals surface area contributed by atoms with Crippen molar-refractivity contribution in [2.75, 3.05) is 19.5 Å². The summed E-state index contributed by atoms with van der Waals surface area (Å²) in [6.07, 6.45) is 4.60. The van der Waals surface area contributed by atoms with Crippen molar-refractivity contribution in [3.63, 3.8) is 0 Å². The number of ether oxygens (including phenoxy) is 3. The number of aryl methyl sites for hydroxylation is 1. The van der Waals surface area contributed by atoms with Crippen LogP contribution in [0.3, 0.4) is 0 Å². The zero-order valence-electron chi connectivity index (χ0n) is 19.2. The first-order valence-corrected chi connectivity index (χ1v) is 11.4. The third kappa shape index (κ3) is 7.03. The maximum absolute atomic E-state index is 6.17. The number of nitrogens with one attached hydrogen (secondary N) is 2. The minimum Gasteiger partial charge on any atom is -0.481 e. The highest BCUT2D eigenvalue weighted by molar-refractivity contribution is 7.80. The zero-order chi connectivity index (χ0) is 24.3. The lowest BCUT2D eigenvalue weighted by Gasteiger charge is -2.13. The Bertz CT molecular complexity index is 1140. The summed E-state index contributed by atoms with van der Waals surface area (Å²) in [6.45, 7) is 2.14. The molecule has 0 unspecified atom stereocenters. The number of nitrogens with zero attached hydrogens (tertiary/aromatic N) is 3. The maximum Gasteiger partial charge on any atom is 0.328 e. The summed E-state index contributed by atoms with van der Waals surface area (Å²) in [4.78, 5) is 8.51. The van der Waals surface area contributed by atoms with Crippen molar-refractivity contribution >= 4 is 40.8 Å². The second kappa shape index (κ2) is 12.7. The van der Waals surface area contributed by atoms with Gasteiger partial charge in [-0.05, 0) is 48.8 Å². The molecule has 3 aromatic rings. The molecule has 34 heavy (non-hydrogen) atoms. The van der Waals surface area contributed by atoms with Crippen LogP contribution in [0.15, 0.2) is 53.6 Å². The molecule has 2 aromatic carbocycles. The molecular formula is C24H26ClN5O3S. The Labute approximate surface area is 209 Å². The number of thiocarbonyl (C=S) groups is 1. The van der Waals surface area contributed by atoms with Gasteiger partial charge in [-0.3, -0.25) is 5.43 Å². The predicted octanol–water partition coefficient (Wildman–Crippen LogP) is 5.60. The molecule has 0 aliphatic carbocycles.